The molecule has 110 valence electrons. The van der Waals surface area contributed by atoms with Crippen molar-refractivity contribution in [2.45, 2.75) is 18.6 Å². The van der Waals surface area contributed by atoms with Crippen LogP contribution in [0.25, 0.3) is 11.2 Å². The van der Waals surface area contributed by atoms with Crippen LogP contribution >= 0.6 is 23.5 Å². The number of terminal acetylenes is 1. The van der Waals surface area contributed by atoms with Crippen molar-refractivity contribution >= 4 is 40.7 Å². The van der Waals surface area contributed by atoms with Crippen LogP contribution in [0.1, 0.15) is 5.69 Å². The summed E-state index contributed by atoms with van der Waals surface area (Å²) in [6.45, 7) is 2.63. The highest BCUT2D eigenvalue weighted by Crippen LogP contribution is 2.23. The predicted octanol–water partition coefficient (Wildman–Crippen LogP) is 2.28. The molecule has 0 radical (unpaired) electrons. The average Bonchev–Trinajstić information content (AvgIpc) is 2.78. The zero-order valence-corrected chi connectivity index (χ0v) is 13.2. The minimum absolute atomic E-state index is 0.0141. The van der Waals surface area contributed by atoms with Crippen molar-refractivity contribution in [3.8, 4) is 12.3 Å². The molecule has 0 atom stereocenters. The molecule has 21 heavy (non-hydrogen) atoms. The Hall–Kier alpha value is -1.65. The minimum atomic E-state index is -0.857. The van der Waals surface area contributed by atoms with E-state index in [1.54, 1.807) is 11.8 Å². The monoisotopic (exact) mass is 321 g/mol. The fourth-order valence-electron chi connectivity index (χ4n) is 1.80. The highest BCUT2D eigenvalue weighted by Gasteiger charge is 2.13. The number of aryl methyl sites for hydroxylation is 2. The molecule has 0 unspecified atom stereocenters. The van der Waals surface area contributed by atoms with E-state index in [1.165, 1.54) is 11.8 Å². The summed E-state index contributed by atoms with van der Waals surface area (Å²) >= 11 is 2.87. The molecule has 2 heterocycles. The van der Waals surface area contributed by atoms with Crippen molar-refractivity contribution < 1.29 is 9.90 Å². The normalized spacial score (nSPS) is 10.7. The number of carboxylic acids is 1. The maximum absolute atomic E-state index is 10.8. The number of aliphatic carboxylic acids is 1. The average molecular weight is 321 g/mol. The van der Waals surface area contributed by atoms with Crippen molar-refractivity contribution in [3.63, 3.8) is 0 Å². The van der Waals surface area contributed by atoms with Crippen LogP contribution in [0.3, 0.4) is 0 Å². The lowest BCUT2D eigenvalue weighted by Crippen LogP contribution is -2.06. The highest BCUT2D eigenvalue weighted by atomic mass is 32.2. The molecule has 0 aromatic carbocycles. The van der Waals surface area contributed by atoms with E-state index < -0.39 is 5.97 Å². The second-order valence-electron chi connectivity index (χ2n) is 4.28. The smallest absolute Gasteiger partial charge is 0.313 e. The first-order chi connectivity index (χ1) is 10.1. The Morgan fingerprint density at radius 1 is 1.48 bits per heavy atom. The van der Waals surface area contributed by atoms with Crippen LogP contribution in [0.15, 0.2) is 17.3 Å². The van der Waals surface area contributed by atoms with E-state index in [0.717, 1.165) is 22.6 Å². The number of nitrogens with zero attached hydrogens (tertiary/aromatic N) is 3. The van der Waals surface area contributed by atoms with E-state index in [-0.39, 0.29) is 5.75 Å². The lowest BCUT2D eigenvalue weighted by atomic mass is 10.3. The molecular formula is C14H15N3O2S2. The highest BCUT2D eigenvalue weighted by molar-refractivity contribution is 8.00. The van der Waals surface area contributed by atoms with Crippen LogP contribution in [0.4, 0.5) is 0 Å². The minimum Gasteiger partial charge on any atom is -0.481 e. The molecule has 0 spiro atoms. The fraction of sp³-hybridized carbons (Fsp3) is 0.357. The molecule has 0 saturated carbocycles. The summed E-state index contributed by atoms with van der Waals surface area (Å²) in [5.74, 6) is 3.22. The molecule has 0 saturated heterocycles. The Balaban J connectivity index is 2.27. The molecule has 0 aliphatic carbocycles. The van der Waals surface area contributed by atoms with Gasteiger partial charge >= 0.3 is 5.97 Å². The Morgan fingerprint density at radius 2 is 2.29 bits per heavy atom. The van der Waals surface area contributed by atoms with Gasteiger partial charge in [-0.3, -0.25) is 4.79 Å². The lowest BCUT2D eigenvalue weighted by molar-refractivity contribution is -0.133. The first-order valence-electron chi connectivity index (χ1n) is 6.31. The maximum Gasteiger partial charge on any atom is 0.313 e. The van der Waals surface area contributed by atoms with Crippen molar-refractivity contribution in [3.05, 3.63) is 17.8 Å². The molecule has 2 aromatic rings. The zero-order chi connectivity index (χ0) is 15.2. The standard InChI is InChI=1S/C14H15N3O2S2/c1-3-7-20-8-6-17-13-11(5-4-10(2)15-13)16-14(17)21-9-12(18)19/h1,4-5H,6-9H2,2H3,(H,18,19). The zero-order valence-electron chi connectivity index (χ0n) is 11.6. The Bertz CT molecular complexity index is 691. The van der Waals surface area contributed by atoms with Gasteiger partial charge < -0.3 is 9.67 Å². The molecule has 0 fully saturated rings. The van der Waals surface area contributed by atoms with Gasteiger partial charge in [0.15, 0.2) is 10.8 Å². The van der Waals surface area contributed by atoms with Gasteiger partial charge in [0.05, 0.1) is 11.5 Å². The van der Waals surface area contributed by atoms with E-state index in [0.29, 0.717) is 17.5 Å². The summed E-state index contributed by atoms with van der Waals surface area (Å²) in [6, 6.07) is 3.81. The van der Waals surface area contributed by atoms with Crippen LogP contribution in [-0.2, 0) is 11.3 Å². The maximum atomic E-state index is 10.8. The summed E-state index contributed by atoms with van der Waals surface area (Å²) in [6.07, 6.45) is 5.24. The number of thioether (sulfide) groups is 2. The van der Waals surface area contributed by atoms with Gasteiger partial charge in [0.25, 0.3) is 0 Å². The summed E-state index contributed by atoms with van der Waals surface area (Å²) in [7, 11) is 0. The first-order valence-corrected chi connectivity index (χ1v) is 8.45. The molecule has 5 nitrogen and oxygen atoms in total. The van der Waals surface area contributed by atoms with Crippen LogP contribution in [0, 0.1) is 19.3 Å². The third kappa shape index (κ3) is 4.16. The molecule has 2 rings (SSSR count). The summed E-state index contributed by atoms with van der Waals surface area (Å²) in [5.41, 5.74) is 2.49. The fourth-order valence-corrected chi connectivity index (χ4v) is 3.12. The first kappa shape index (κ1) is 15.7. The van der Waals surface area contributed by atoms with Crippen LogP contribution in [0.5, 0.6) is 0 Å². The van der Waals surface area contributed by atoms with Gasteiger partial charge in [0, 0.05) is 18.0 Å². The van der Waals surface area contributed by atoms with Gasteiger partial charge in [0.1, 0.15) is 5.52 Å². The number of pyridine rings is 1. The molecule has 7 heteroatoms. The third-order valence-corrected chi connectivity index (χ3v) is 4.47. The van der Waals surface area contributed by atoms with Gasteiger partial charge in [0.2, 0.25) is 0 Å². The van der Waals surface area contributed by atoms with Gasteiger partial charge in [-0.2, -0.15) is 0 Å². The number of carboxylic acid groups (broad SMARTS) is 1. The summed E-state index contributed by atoms with van der Waals surface area (Å²) in [5, 5.41) is 9.52. The van der Waals surface area contributed by atoms with Crippen molar-refractivity contribution in [2.24, 2.45) is 0 Å². The molecular weight excluding hydrogens is 306 g/mol. The topological polar surface area (TPSA) is 68.0 Å². The number of hydrogen-bond acceptors (Lipinski definition) is 5. The van der Waals surface area contributed by atoms with Crippen molar-refractivity contribution in [1.82, 2.24) is 14.5 Å². The second kappa shape index (κ2) is 7.38. The summed E-state index contributed by atoms with van der Waals surface area (Å²) in [4.78, 5) is 19.7. The molecule has 0 aliphatic heterocycles. The summed E-state index contributed by atoms with van der Waals surface area (Å²) < 4.78 is 1.97. The van der Waals surface area contributed by atoms with E-state index in [9.17, 15) is 4.79 Å². The van der Waals surface area contributed by atoms with Gasteiger partial charge in [-0.25, -0.2) is 9.97 Å². The number of aromatic nitrogens is 3. The number of fused-ring (bicyclic) bond motifs is 1. The van der Waals surface area contributed by atoms with Gasteiger partial charge in [-0.1, -0.05) is 17.7 Å². The van der Waals surface area contributed by atoms with Crippen molar-refractivity contribution in [2.75, 3.05) is 17.3 Å². The lowest BCUT2D eigenvalue weighted by Gasteiger charge is -2.07. The van der Waals surface area contributed by atoms with Crippen LogP contribution in [-0.4, -0.2) is 42.9 Å². The number of carbonyl (C=O) groups is 1. The number of rotatable bonds is 7. The van der Waals surface area contributed by atoms with E-state index >= 15 is 0 Å². The predicted molar refractivity (Wildman–Crippen MR) is 86.8 cm³/mol. The molecule has 0 amide bonds. The van der Waals surface area contributed by atoms with Gasteiger partial charge in [-0.15, -0.1) is 18.2 Å². The van der Waals surface area contributed by atoms with E-state index in [4.69, 9.17) is 11.5 Å². The molecule has 1 N–H and O–H groups in total. The Kier molecular flexibility index (Phi) is 5.53. The second-order valence-corrected chi connectivity index (χ2v) is 6.33. The number of imidazole rings is 1. The van der Waals surface area contributed by atoms with Gasteiger partial charge in [-0.05, 0) is 19.1 Å². The number of hydrogen-bond donors (Lipinski definition) is 1. The van der Waals surface area contributed by atoms with E-state index in [1.807, 2.05) is 23.6 Å². The Labute approximate surface area is 131 Å². The van der Waals surface area contributed by atoms with Crippen molar-refractivity contribution in [1.29, 1.82) is 0 Å². The quantitative estimate of drug-likeness (QED) is 0.479. The molecule has 0 aliphatic rings. The molecule has 2 aromatic heterocycles. The Morgan fingerprint density at radius 3 is 3.00 bits per heavy atom. The van der Waals surface area contributed by atoms with E-state index in [2.05, 4.69) is 15.9 Å². The van der Waals surface area contributed by atoms with Crippen LogP contribution < -0.4 is 0 Å². The largest absolute Gasteiger partial charge is 0.481 e. The SMILES string of the molecule is C#CCSCCn1c(SCC(=O)O)nc2ccc(C)nc21. The third-order valence-electron chi connectivity index (χ3n) is 2.67. The van der Waals surface area contributed by atoms with Crippen LogP contribution in [0.2, 0.25) is 0 Å². The molecule has 0 bridgehead atoms.